The van der Waals surface area contributed by atoms with Gasteiger partial charge in [0.1, 0.15) is 17.7 Å². The molecule has 0 saturated carbocycles. The third kappa shape index (κ3) is 9.33. The molecule has 0 aromatic heterocycles. The molecule has 0 fully saturated rings. The maximum Gasteiger partial charge on any atom is 0.408 e. The van der Waals surface area contributed by atoms with E-state index in [2.05, 4.69) is 17.6 Å². The van der Waals surface area contributed by atoms with E-state index in [4.69, 9.17) is 4.74 Å². The van der Waals surface area contributed by atoms with Gasteiger partial charge >= 0.3 is 6.09 Å². The van der Waals surface area contributed by atoms with Crippen LogP contribution < -0.4 is 10.6 Å². The van der Waals surface area contributed by atoms with E-state index in [0.29, 0.717) is 12.1 Å². The molecule has 2 atom stereocenters. The summed E-state index contributed by atoms with van der Waals surface area (Å²) in [5.74, 6) is -0.854. The third-order valence-corrected chi connectivity index (χ3v) is 5.29. The highest BCUT2D eigenvalue weighted by Gasteiger charge is 2.37. The number of nitrogens with one attached hydrogen (secondary N) is 2. The molecule has 8 nitrogen and oxygen atoms in total. The van der Waals surface area contributed by atoms with E-state index in [1.54, 1.807) is 34.6 Å². The molecule has 0 aliphatic heterocycles. The van der Waals surface area contributed by atoms with E-state index in [-0.39, 0.29) is 11.9 Å². The molecule has 192 valence electrons. The average molecular weight is 478 g/mol. The summed E-state index contributed by atoms with van der Waals surface area (Å²) in [5.41, 5.74) is 1.03. The van der Waals surface area contributed by atoms with E-state index >= 15 is 0 Å². The molecule has 1 aromatic rings. The maximum absolute atomic E-state index is 13.6. The van der Waals surface area contributed by atoms with Crippen LogP contribution in [0.5, 0.6) is 0 Å². The van der Waals surface area contributed by atoms with Crippen molar-refractivity contribution >= 4 is 17.9 Å². The topological polar surface area (TPSA) is 108 Å². The number of alkyl carbamates (subject to hydrolysis) is 1. The quantitative estimate of drug-likeness (QED) is 0.398. The maximum atomic E-state index is 13.6. The van der Waals surface area contributed by atoms with E-state index in [1.165, 1.54) is 4.90 Å². The molecule has 0 aliphatic rings. The Morgan fingerprint density at radius 3 is 2.15 bits per heavy atom. The number of hydrogen-bond donors (Lipinski definition) is 3. The zero-order valence-corrected chi connectivity index (χ0v) is 21.8. The Morgan fingerprint density at radius 1 is 1.06 bits per heavy atom. The fourth-order valence-corrected chi connectivity index (χ4v) is 3.55. The highest BCUT2D eigenvalue weighted by atomic mass is 16.6. The lowest BCUT2D eigenvalue weighted by atomic mass is 9.99. The summed E-state index contributed by atoms with van der Waals surface area (Å²) in [6, 6.07) is 5.06. The van der Waals surface area contributed by atoms with Gasteiger partial charge in [0.15, 0.2) is 0 Å². The van der Waals surface area contributed by atoms with Gasteiger partial charge < -0.3 is 25.4 Å². The molecule has 0 saturated heterocycles. The predicted molar refractivity (Wildman–Crippen MR) is 133 cm³/mol. The summed E-state index contributed by atoms with van der Waals surface area (Å²) in [4.78, 5) is 40.6. The van der Waals surface area contributed by atoms with Crippen LogP contribution in [0.1, 0.15) is 84.9 Å². The number of benzene rings is 1. The van der Waals surface area contributed by atoms with E-state index in [0.717, 1.165) is 31.2 Å². The summed E-state index contributed by atoms with van der Waals surface area (Å²) >= 11 is 0. The van der Waals surface area contributed by atoms with Crippen molar-refractivity contribution in [2.45, 2.75) is 97.9 Å². The van der Waals surface area contributed by atoms with Gasteiger partial charge in [-0.05, 0) is 58.6 Å². The summed E-state index contributed by atoms with van der Waals surface area (Å²) in [6.45, 7) is 12.8. The summed E-state index contributed by atoms with van der Waals surface area (Å²) in [7, 11) is 0. The second-order valence-corrected chi connectivity index (χ2v) is 9.72. The first-order valence-corrected chi connectivity index (χ1v) is 12.2. The number of aliphatic hydroxyl groups is 1. The first kappa shape index (κ1) is 29.4. The smallest absolute Gasteiger partial charge is 0.408 e. The molecule has 0 bridgehead atoms. The van der Waals surface area contributed by atoms with Gasteiger partial charge in [0.25, 0.3) is 0 Å². The van der Waals surface area contributed by atoms with Gasteiger partial charge in [-0.2, -0.15) is 0 Å². The minimum Gasteiger partial charge on any atom is -0.444 e. The minimum atomic E-state index is -1.25. The standard InChI is InChI=1S/C26H43N3O5/c1-8-10-11-16-27-23(31)22(20-14-12-19(9-2)13-15-20)29(18(3)4)24(32)21(17-30)28-25(33)34-26(5,6)7/h12-15,18,21-22,30H,8-11,16-17H2,1-7H3,(H,27,31)(H,28,33). The number of carbonyl (C=O) groups excluding carboxylic acids is 3. The highest BCUT2D eigenvalue weighted by molar-refractivity contribution is 5.92. The number of carbonyl (C=O) groups is 3. The molecule has 2 unspecified atom stereocenters. The predicted octanol–water partition coefficient (Wildman–Crippen LogP) is 3.72. The Bertz CT molecular complexity index is 787. The fraction of sp³-hybridized carbons (Fsp3) is 0.654. The lowest BCUT2D eigenvalue weighted by molar-refractivity contribution is -0.145. The van der Waals surface area contributed by atoms with Crippen LogP contribution in [0.3, 0.4) is 0 Å². The van der Waals surface area contributed by atoms with E-state index in [9.17, 15) is 19.5 Å². The summed E-state index contributed by atoms with van der Waals surface area (Å²) in [6.07, 6.45) is 2.92. The van der Waals surface area contributed by atoms with Crippen LogP contribution in [-0.2, 0) is 20.7 Å². The zero-order valence-electron chi connectivity index (χ0n) is 21.8. The molecule has 3 amide bonds. The van der Waals surface area contributed by atoms with Gasteiger partial charge in [0.2, 0.25) is 11.8 Å². The molecule has 0 radical (unpaired) electrons. The van der Waals surface area contributed by atoms with Crippen molar-refractivity contribution in [3.8, 4) is 0 Å². The molecular formula is C26H43N3O5. The SMILES string of the molecule is CCCCCNC(=O)C(c1ccc(CC)cc1)N(C(=O)C(CO)NC(=O)OC(C)(C)C)C(C)C. The Morgan fingerprint density at radius 2 is 1.68 bits per heavy atom. The Hall–Kier alpha value is -2.61. The van der Waals surface area contributed by atoms with Crippen LogP contribution in [0, 0.1) is 0 Å². The van der Waals surface area contributed by atoms with Gasteiger partial charge in [0.05, 0.1) is 6.61 Å². The van der Waals surface area contributed by atoms with Gasteiger partial charge in [-0.1, -0.05) is 51.0 Å². The number of hydrogen-bond acceptors (Lipinski definition) is 5. The molecule has 34 heavy (non-hydrogen) atoms. The van der Waals surface area contributed by atoms with E-state index < -0.39 is 36.3 Å². The van der Waals surface area contributed by atoms with Crippen LogP contribution in [0.4, 0.5) is 4.79 Å². The highest BCUT2D eigenvalue weighted by Crippen LogP contribution is 2.25. The van der Waals surface area contributed by atoms with Gasteiger partial charge in [-0.15, -0.1) is 0 Å². The van der Waals surface area contributed by atoms with Crippen LogP contribution in [-0.4, -0.2) is 58.8 Å². The minimum absolute atomic E-state index is 0.295. The second kappa shape index (κ2) is 13.9. The van der Waals surface area contributed by atoms with Crippen LogP contribution in [0.2, 0.25) is 0 Å². The first-order chi connectivity index (χ1) is 15.9. The Balaban J connectivity index is 3.28. The third-order valence-electron chi connectivity index (χ3n) is 5.29. The van der Waals surface area contributed by atoms with Crippen LogP contribution in [0.25, 0.3) is 0 Å². The Kier molecular flexibility index (Phi) is 12.1. The number of amides is 3. The molecular weight excluding hydrogens is 434 g/mol. The molecule has 8 heteroatoms. The number of aryl methyl sites for hydroxylation is 1. The van der Waals surface area contributed by atoms with Crippen molar-refractivity contribution < 1.29 is 24.2 Å². The van der Waals surface area contributed by atoms with Crippen LogP contribution >= 0.6 is 0 Å². The summed E-state index contributed by atoms with van der Waals surface area (Å²) in [5, 5.41) is 15.3. The lowest BCUT2D eigenvalue weighted by Gasteiger charge is -2.37. The van der Waals surface area contributed by atoms with Crippen molar-refractivity contribution in [1.82, 2.24) is 15.5 Å². The molecule has 3 N–H and O–H groups in total. The van der Waals surface area contributed by atoms with Crippen molar-refractivity contribution in [2.75, 3.05) is 13.2 Å². The average Bonchev–Trinajstić information content (AvgIpc) is 2.76. The van der Waals surface area contributed by atoms with Gasteiger partial charge in [0, 0.05) is 12.6 Å². The van der Waals surface area contributed by atoms with Gasteiger partial charge in [-0.25, -0.2) is 4.79 Å². The van der Waals surface area contributed by atoms with E-state index in [1.807, 2.05) is 31.2 Å². The van der Waals surface area contributed by atoms with Gasteiger partial charge in [-0.3, -0.25) is 9.59 Å². The molecule has 1 rings (SSSR count). The van der Waals surface area contributed by atoms with Crippen LogP contribution in [0.15, 0.2) is 24.3 Å². The molecule has 1 aromatic carbocycles. The number of nitrogens with zero attached hydrogens (tertiary/aromatic N) is 1. The Labute approximate surface area is 204 Å². The largest absolute Gasteiger partial charge is 0.444 e. The molecule has 0 heterocycles. The van der Waals surface area contributed by atoms with Crippen molar-refractivity contribution in [2.24, 2.45) is 0 Å². The number of aliphatic hydroxyl groups excluding tert-OH is 1. The van der Waals surface area contributed by atoms with Crippen molar-refractivity contribution in [1.29, 1.82) is 0 Å². The number of ether oxygens (including phenoxy) is 1. The normalized spacial score (nSPS) is 13.2. The monoisotopic (exact) mass is 477 g/mol. The zero-order chi connectivity index (χ0) is 25.9. The molecule has 0 aliphatic carbocycles. The van der Waals surface area contributed by atoms with Crippen molar-refractivity contribution in [3.63, 3.8) is 0 Å². The summed E-state index contributed by atoms with van der Waals surface area (Å²) < 4.78 is 5.24. The van der Waals surface area contributed by atoms with Crippen molar-refractivity contribution in [3.05, 3.63) is 35.4 Å². The second-order valence-electron chi connectivity index (χ2n) is 9.72. The number of unbranched alkanes of at least 4 members (excludes halogenated alkanes) is 2. The molecule has 0 spiro atoms. The lowest BCUT2D eigenvalue weighted by Crippen LogP contribution is -2.56. The number of rotatable bonds is 12. The fourth-order valence-electron chi connectivity index (χ4n) is 3.55. The first-order valence-electron chi connectivity index (χ1n) is 12.2.